The minimum absolute atomic E-state index is 0.124. The lowest BCUT2D eigenvalue weighted by Crippen LogP contribution is -2.23. The van der Waals surface area contributed by atoms with E-state index in [1.807, 2.05) is 27.7 Å². The highest BCUT2D eigenvalue weighted by atomic mass is 35.5. The highest BCUT2D eigenvalue weighted by Gasteiger charge is 2.20. The molecule has 0 saturated heterocycles. The van der Waals surface area contributed by atoms with Gasteiger partial charge in [0, 0.05) is 15.6 Å². The number of thioether (sulfide) groups is 1. The van der Waals surface area contributed by atoms with Crippen molar-refractivity contribution in [2.75, 3.05) is 11.1 Å². The summed E-state index contributed by atoms with van der Waals surface area (Å²) >= 11 is 8.92. The van der Waals surface area contributed by atoms with E-state index in [-0.39, 0.29) is 17.2 Å². The van der Waals surface area contributed by atoms with Crippen molar-refractivity contribution in [1.82, 2.24) is 9.55 Å². The molecule has 0 aliphatic rings. The number of halogens is 1. The molecule has 0 saturated carbocycles. The maximum Gasteiger partial charge on any atom is 0.267 e. The summed E-state index contributed by atoms with van der Waals surface area (Å²) in [5.41, 5.74) is 5.58. The van der Waals surface area contributed by atoms with Crippen LogP contribution in [0.1, 0.15) is 40.5 Å². The van der Waals surface area contributed by atoms with Gasteiger partial charge < -0.3 is 5.32 Å². The molecule has 0 unspecified atom stereocenters. The predicted octanol–water partition coefficient (Wildman–Crippen LogP) is 7.02. The van der Waals surface area contributed by atoms with Crippen LogP contribution in [0.4, 0.5) is 5.69 Å². The highest BCUT2D eigenvalue weighted by molar-refractivity contribution is 7.99. The number of carbonyl (C=O) groups excluding carboxylic acids is 1. The molecule has 0 spiro atoms. The van der Waals surface area contributed by atoms with E-state index < -0.39 is 0 Å². The number of nitrogens with zero attached hydrogens (tertiary/aromatic N) is 2. The van der Waals surface area contributed by atoms with Crippen LogP contribution in [0.15, 0.2) is 46.3 Å². The summed E-state index contributed by atoms with van der Waals surface area (Å²) in [5.74, 6) is -0.0131. The lowest BCUT2D eigenvalue weighted by Gasteiger charge is -2.14. The lowest BCUT2D eigenvalue weighted by molar-refractivity contribution is -0.113. The molecule has 0 radical (unpaired) electrons. The fraction of sp³-hybridized carbons (Fsp3) is 0.296. The number of aromatic nitrogens is 2. The van der Waals surface area contributed by atoms with Crippen LogP contribution >= 0.6 is 34.7 Å². The monoisotopic (exact) mass is 525 g/mol. The molecule has 5 nitrogen and oxygen atoms in total. The number of amides is 1. The first-order valence-corrected chi connectivity index (χ1v) is 13.7. The fourth-order valence-corrected chi connectivity index (χ4v) is 6.53. The average molecular weight is 526 g/mol. The zero-order chi connectivity index (χ0) is 25.3. The van der Waals surface area contributed by atoms with Crippen molar-refractivity contribution in [1.29, 1.82) is 0 Å². The van der Waals surface area contributed by atoms with Gasteiger partial charge in [0.1, 0.15) is 4.83 Å². The van der Waals surface area contributed by atoms with Crippen molar-refractivity contribution in [2.45, 2.75) is 52.6 Å². The largest absolute Gasteiger partial charge is 0.325 e. The third-order valence-corrected chi connectivity index (χ3v) is 8.30. The van der Waals surface area contributed by atoms with Gasteiger partial charge in [-0.15, -0.1) is 11.3 Å². The molecule has 0 bridgehead atoms. The summed E-state index contributed by atoms with van der Waals surface area (Å²) < 4.78 is 1.59. The van der Waals surface area contributed by atoms with Crippen molar-refractivity contribution in [3.05, 3.63) is 78.9 Å². The second-order valence-electron chi connectivity index (χ2n) is 8.70. The zero-order valence-electron chi connectivity index (χ0n) is 20.5. The van der Waals surface area contributed by atoms with E-state index in [2.05, 4.69) is 24.4 Å². The van der Waals surface area contributed by atoms with Crippen molar-refractivity contribution >= 4 is 56.5 Å². The zero-order valence-corrected chi connectivity index (χ0v) is 22.9. The Hall–Kier alpha value is -2.61. The van der Waals surface area contributed by atoms with E-state index in [0.717, 1.165) is 40.8 Å². The Morgan fingerprint density at radius 3 is 2.40 bits per heavy atom. The van der Waals surface area contributed by atoms with E-state index >= 15 is 0 Å². The number of nitrogens with one attached hydrogen (secondary N) is 1. The minimum atomic E-state index is -0.143. The van der Waals surface area contributed by atoms with E-state index in [9.17, 15) is 9.59 Å². The van der Waals surface area contributed by atoms with Gasteiger partial charge in [0.2, 0.25) is 5.91 Å². The number of rotatable bonds is 7. The first kappa shape index (κ1) is 25.5. The summed E-state index contributed by atoms with van der Waals surface area (Å²) in [6, 6.07) is 11.2. The Kier molecular flexibility index (Phi) is 7.69. The topological polar surface area (TPSA) is 64.0 Å². The van der Waals surface area contributed by atoms with Gasteiger partial charge in [0.15, 0.2) is 5.16 Å². The van der Waals surface area contributed by atoms with Gasteiger partial charge >= 0.3 is 0 Å². The normalized spacial score (nSPS) is 11.3. The number of fused-ring (bicyclic) bond motifs is 1. The number of thiophene rings is 1. The van der Waals surface area contributed by atoms with Crippen molar-refractivity contribution in [3.8, 4) is 5.69 Å². The van der Waals surface area contributed by atoms with E-state index in [4.69, 9.17) is 16.6 Å². The number of hydrogen-bond acceptors (Lipinski definition) is 5. The molecule has 1 N–H and O–H groups in total. The van der Waals surface area contributed by atoms with Gasteiger partial charge in [-0.05, 0) is 75.1 Å². The quantitative estimate of drug-likeness (QED) is 0.208. The first-order chi connectivity index (χ1) is 16.7. The molecule has 8 heteroatoms. The lowest BCUT2D eigenvalue weighted by atomic mass is 10.1. The SMILES string of the molecule is CCCc1sc2nc(SCC(=O)Nc3c(C)cc(C)cc3C)n(-c3ccc(Cl)cc3)c(=O)c2c1C. The van der Waals surface area contributed by atoms with Crippen LogP contribution in [0.25, 0.3) is 15.9 Å². The van der Waals surface area contributed by atoms with E-state index in [1.54, 1.807) is 40.2 Å². The number of anilines is 1. The second kappa shape index (κ2) is 10.6. The van der Waals surface area contributed by atoms with Crippen molar-refractivity contribution < 1.29 is 4.79 Å². The molecule has 0 fully saturated rings. The van der Waals surface area contributed by atoms with Crippen molar-refractivity contribution in [3.63, 3.8) is 0 Å². The Morgan fingerprint density at radius 2 is 1.77 bits per heavy atom. The van der Waals surface area contributed by atoms with Crippen LogP contribution in [0.3, 0.4) is 0 Å². The number of carbonyl (C=O) groups is 1. The predicted molar refractivity (Wildman–Crippen MR) is 149 cm³/mol. The molecule has 0 aliphatic heterocycles. The maximum atomic E-state index is 13.7. The second-order valence-corrected chi connectivity index (χ2v) is 11.2. The molecular formula is C27H28ClN3O2S2. The number of aryl methyl sites for hydroxylation is 5. The number of benzene rings is 2. The molecule has 0 aliphatic carbocycles. The van der Waals surface area contributed by atoms with Crippen LogP contribution < -0.4 is 10.9 Å². The molecule has 182 valence electrons. The van der Waals surface area contributed by atoms with E-state index in [0.29, 0.717) is 26.1 Å². The van der Waals surface area contributed by atoms with Gasteiger partial charge in [-0.25, -0.2) is 4.98 Å². The molecule has 4 aromatic rings. The maximum absolute atomic E-state index is 13.7. The molecule has 35 heavy (non-hydrogen) atoms. The first-order valence-electron chi connectivity index (χ1n) is 11.5. The smallest absolute Gasteiger partial charge is 0.267 e. The third-order valence-electron chi connectivity index (χ3n) is 5.87. The summed E-state index contributed by atoms with van der Waals surface area (Å²) in [6.45, 7) is 10.1. The van der Waals surface area contributed by atoms with E-state index in [1.165, 1.54) is 16.6 Å². The molecule has 1 amide bonds. The average Bonchev–Trinajstić information content (AvgIpc) is 3.11. The third kappa shape index (κ3) is 5.32. The van der Waals surface area contributed by atoms with Gasteiger partial charge in [-0.1, -0.05) is 54.4 Å². The Labute approximate surface area is 218 Å². The summed E-state index contributed by atoms with van der Waals surface area (Å²) in [5, 5.41) is 4.76. The molecule has 2 aromatic heterocycles. The van der Waals surface area contributed by atoms with Crippen molar-refractivity contribution in [2.24, 2.45) is 0 Å². The van der Waals surface area contributed by atoms with Gasteiger partial charge in [-0.2, -0.15) is 0 Å². The van der Waals surface area contributed by atoms with Crippen LogP contribution in [-0.4, -0.2) is 21.2 Å². The summed E-state index contributed by atoms with van der Waals surface area (Å²) in [4.78, 5) is 33.4. The molecular weight excluding hydrogens is 498 g/mol. The standard InChI is InChI=1S/C27H28ClN3O2S2/c1-6-7-21-18(5)23-25(35-21)30-27(31(26(23)33)20-10-8-19(28)9-11-20)34-14-22(32)29-24-16(3)12-15(2)13-17(24)4/h8-13H,6-7,14H2,1-5H3,(H,29,32). The number of hydrogen-bond donors (Lipinski definition) is 1. The van der Waals surface area contributed by atoms with Gasteiger partial charge in [0.25, 0.3) is 5.56 Å². The van der Waals surface area contributed by atoms with Gasteiger partial charge in [-0.3, -0.25) is 14.2 Å². The summed E-state index contributed by atoms with van der Waals surface area (Å²) in [7, 11) is 0. The minimum Gasteiger partial charge on any atom is -0.325 e. The highest BCUT2D eigenvalue weighted by Crippen LogP contribution is 2.31. The summed E-state index contributed by atoms with van der Waals surface area (Å²) in [6.07, 6.45) is 1.91. The van der Waals surface area contributed by atoms with Crippen LogP contribution in [0.5, 0.6) is 0 Å². The van der Waals surface area contributed by atoms with Crippen LogP contribution in [0.2, 0.25) is 5.02 Å². The Morgan fingerprint density at radius 1 is 1.11 bits per heavy atom. The fourth-order valence-electron chi connectivity index (χ4n) is 4.27. The molecule has 4 rings (SSSR count). The Balaban J connectivity index is 1.72. The Bertz CT molecular complexity index is 1450. The molecule has 2 aromatic carbocycles. The van der Waals surface area contributed by atoms with Crippen LogP contribution in [0, 0.1) is 27.7 Å². The molecule has 2 heterocycles. The van der Waals surface area contributed by atoms with Gasteiger partial charge in [0.05, 0.1) is 16.8 Å². The van der Waals surface area contributed by atoms with Crippen LogP contribution in [-0.2, 0) is 11.2 Å². The molecule has 0 atom stereocenters.